The molecule has 0 saturated carbocycles. The monoisotopic (exact) mass is 241 g/mol. The van der Waals surface area contributed by atoms with Gasteiger partial charge in [-0.3, -0.25) is 5.10 Å². The summed E-state index contributed by atoms with van der Waals surface area (Å²) in [4.78, 5) is 0. The Morgan fingerprint density at radius 3 is 3.13 bits per heavy atom. The Kier molecular flexibility index (Phi) is 3.41. The van der Waals surface area contributed by atoms with Crippen molar-refractivity contribution < 1.29 is 0 Å². The molecular formula is C10H12ClN3S. The topological polar surface area (TPSA) is 40.7 Å². The van der Waals surface area contributed by atoms with Crippen molar-refractivity contribution in [1.29, 1.82) is 0 Å². The molecule has 2 heterocycles. The number of hydrogen-bond acceptors (Lipinski definition) is 3. The van der Waals surface area contributed by atoms with E-state index in [-0.39, 0.29) is 0 Å². The van der Waals surface area contributed by atoms with E-state index < -0.39 is 0 Å². The van der Waals surface area contributed by atoms with E-state index in [4.69, 9.17) is 11.6 Å². The molecule has 0 unspecified atom stereocenters. The zero-order valence-electron chi connectivity index (χ0n) is 8.38. The Bertz CT molecular complexity index is 435. The van der Waals surface area contributed by atoms with E-state index in [9.17, 15) is 0 Å². The minimum atomic E-state index is 0.800. The molecule has 0 amide bonds. The fourth-order valence-electron chi connectivity index (χ4n) is 1.40. The Hall–Kier alpha value is -0.840. The van der Waals surface area contributed by atoms with Crippen LogP contribution in [0.15, 0.2) is 17.6 Å². The first-order valence-corrected chi connectivity index (χ1v) is 6.04. The maximum Gasteiger partial charge on any atom is 0.0935 e. The summed E-state index contributed by atoms with van der Waals surface area (Å²) in [5.74, 6) is 0. The fraction of sp³-hybridized carbons (Fsp3) is 0.300. The summed E-state index contributed by atoms with van der Waals surface area (Å²) in [5, 5.41) is 12.4. The van der Waals surface area contributed by atoms with Crippen LogP contribution in [0.5, 0.6) is 0 Å². The number of nitrogens with zero attached hydrogens (tertiary/aromatic N) is 1. The van der Waals surface area contributed by atoms with Crippen molar-refractivity contribution in [3.8, 4) is 11.3 Å². The molecule has 80 valence electrons. The van der Waals surface area contributed by atoms with E-state index in [1.807, 2.05) is 17.6 Å². The number of aromatic amines is 1. The quantitative estimate of drug-likeness (QED) is 0.864. The summed E-state index contributed by atoms with van der Waals surface area (Å²) < 4.78 is 0.800. The van der Waals surface area contributed by atoms with Crippen LogP contribution in [0.25, 0.3) is 11.3 Å². The number of nitrogens with one attached hydrogen (secondary N) is 2. The van der Waals surface area contributed by atoms with E-state index in [0.717, 1.165) is 28.7 Å². The molecule has 3 nitrogen and oxygen atoms in total. The van der Waals surface area contributed by atoms with Gasteiger partial charge >= 0.3 is 0 Å². The fourth-order valence-corrected chi connectivity index (χ4v) is 2.27. The molecule has 2 rings (SSSR count). The Morgan fingerprint density at radius 2 is 2.47 bits per heavy atom. The van der Waals surface area contributed by atoms with Crippen molar-refractivity contribution in [2.24, 2.45) is 0 Å². The van der Waals surface area contributed by atoms with Crippen LogP contribution < -0.4 is 5.32 Å². The first-order chi connectivity index (χ1) is 7.31. The highest BCUT2D eigenvalue weighted by Crippen LogP contribution is 2.29. The maximum absolute atomic E-state index is 5.90. The van der Waals surface area contributed by atoms with Crippen LogP contribution in [0.1, 0.15) is 12.5 Å². The third-order valence-corrected chi connectivity index (χ3v) is 3.23. The van der Waals surface area contributed by atoms with Crippen molar-refractivity contribution in [1.82, 2.24) is 15.5 Å². The lowest BCUT2D eigenvalue weighted by atomic mass is 10.1. The lowest BCUT2D eigenvalue weighted by molar-refractivity contribution is 0.728. The third-order valence-electron chi connectivity index (χ3n) is 2.14. The lowest BCUT2D eigenvalue weighted by Crippen LogP contribution is -2.11. The van der Waals surface area contributed by atoms with Crippen LogP contribution in [0.3, 0.4) is 0 Å². The summed E-state index contributed by atoms with van der Waals surface area (Å²) in [6.07, 6.45) is 1.85. The van der Waals surface area contributed by atoms with Crippen molar-refractivity contribution >= 4 is 22.9 Å². The van der Waals surface area contributed by atoms with Gasteiger partial charge in [0.25, 0.3) is 0 Å². The van der Waals surface area contributed by atoms with Crippen molar-refractivity contribution in [2.75, 3.05) is 6.54 Å². The minimum absolute atomic E-state index is 0.800. The molecule has 5 heteroatoms. The van der Waals surface area contributed by atoms with Gasteiger partial charge in [-0.2, -0.15) is 5.10 Å². The van der Waals surface area contributed by atoms with E-state index in [1.165, 1.54) is 16.9 Å². The van der Waals surface area contributed by atoms with E-state index in [1.54, 1.807) is 0 Å². The van der Waals surface area contributed by atoms with Gasteiger partial charge in [-0.25, -0.2) is 0 Å². The number of aromatic nitrogens is 2. The number of rotatable bonds is 4. The zero-order valence-corrected chi connectivity index (χ0v) is 9.95. The van der Waals surface area contributed by atoms with Gasteiger partial charge in [0, 0.05) is 23.1 Å². The van der Waals surface area contributed by atoms with Crippen molar-refractivity contribution in [3.05, 3.63) is 27.5 Å². The molecule has 2 N–H and O–H groups in total. The Balaban J connectivity index is 2.24. The Labute approximate surface area is 97.5 Å². The molecule has 0 bridgehead atoms. The SMILES string of the molecule is CCNCc1cn[nH]c1-c1csc(Cl)c1. The molecule has 0 spiro atoms. The lowest BCUT2D eigenvalue weighted by Gasteiger charge is -2.01. The van der Waals surface area contributed by atoms with E-state index in [0.29, 0.717) is 0 Å². The average Bonchev–Trinajstić information content (AvgIpc) is 2.82. The molecule has 0 aromatic carbocycles. The molecule has 2 aromatic heterocycles. The van der Waals surface area contributed by atoms with Crippen LogP contribution >= 0.6 is 22.9 Å². The molecule has 0 fully saturated rings. The van der Waals surface area contributed by atoms with Gasteiger partial charge in [-0.05, 0) is 12.6 Å². The smallest absolute Gasteiger partial charge is 0.0935 e. The summed E-state index contributed by atoms with van der Waals surface area (Å²) in [6, 6.07) is 1.95. The third kappa shape index (κ3) is 2.40. The Morgan fingerprint density at radius 1 is 1.60 bits per heavy atom. The van der Waals surface area contributed by atoms with Gasteiger partial charge in [0.1, 0.15) is 0 Å². The zero-order chi connectivity index (χ0) is 10.7. The highest BCUT2D eigenvalue weighted by Gasteiger charge is 2.08. The molecular weight excluding hydrogens is 230 g/mol. The second-order valence-corrected chi connectivity index (χ2v) is 4.73. The summed E-state index contributed by atoms with van der Waals surface area (Å²) >= 11 is 7.44. The summed E-state index contributed by atoms with van der Waals surface area (Å²) in [7, 11) is 0. The summed E-state index contributed by atoms with van der Waals surface area (Å²) in [5.41, 5.74) is 3.33. The van der Waals surface area contributed by atoms with Crippen LogP contribution in [0.4, 0.5) is 0 Å². The standard InChI is InChI=1S/C10H12ClN3S/c1-2-12-4-8-5-13-14-10(8)7-3-9(11)15-6-7/h3,5-6,12H,2,4H2,1H3,(H,13,14). The molecule has 2 aromatic rings. The average molecular weight is 242 g/mol. The molecule has 0 atom stereocenters. The predicted molar refractivity (Wildman–Crippen MR) is 64.3 cm³/mol. The van der Waals surface area contributed by atoms with Gasteiger partial charge in [0.05, 0.1) is 16.2 Å². The normalized spacial score (nSPS) is 10.8. The van der Waals surface area contributed by atoms with E-state index >= 15 is 0 Å². The number of H-pyrrole nitrogens is 1. The van der Waals surface area contributed by atoms with Crippen LogP contribution in [-0.4, -0.2) is 16.7 Å². The van der Waals surface area contributed by atoms with E-state index in [2.05, 4.69) is 22.4 Å². The summed E-state index contributed by atoms with van der Waals surface area (Å²) in [6.45, 7) is 3.87. The second kappa shape index (κ2) is 4.79. The maximum atomic E-state index is 5.90. The largest absolute Gasteiger partial charge is 0.313 e. The van der Waals surface area contributed by atoms with Crippen LogP contribution in [0.2, 0.25) is 4.34 Å². The van der Waals surface area contributed by atoms with Gasteiger partial charge < -0.3 is 5.32 Å². The van der Waals surface area contributed by atoms with Crippen LogP contribution in [-0.2, 0) is 6.54 Å². The predicted octanol–water partition coefficient (Wildman–Crippen LogP) is 2.90. The van der Waals surface area contributed by atoms with Gasteiger partial charge in [-0.1, -0.05) is 18.5 Å². The highest BCUT2D eigenvalue weighted by molar-refractivity contribution is 7.14. The first-order valence-electron chi connectivity index (χ1n) is 4.78. The molecule has 0 aliphatic heterocycles. The number of hydrogen-bond donors (Lipinski definition) is 2. The van der Waals surface area contributed by atoms with Gasteiger partial charge in [0.15, 0.2) is 0 Å². The number of thiophene rings is 1. The number of halogens is 1. The molecule has 0 saturated heterocycles. The van der Waals surface area contributed by atoms with Gasteiger partial charge in [-0.15, -0.1) is 11.3 Å². The van der Waals surface area contributed by atoms with Crippen molar-refractivity contribution in [3.63, 3.8) is 0 Å². The molecule has 0 aliphatic carbocycles. The van der Waals surface area contributed by atoms with Gasteiger partial charge in [0.2, 0.25) is 0 Å². The minimum Gasteiger partial charge on any atom is -0.313 e. The highest BCUT2D eigenvalue weighted by atomic mass is 35.5. The first kappa shape index (κ1) is 10.7. The van der Waals surface area contributed by atoms with Crippen molar-refractivity contribution in [2.45, 2.75) is 13.5 Å². The molecule has 0 radical (unpaired) electrons. The second-order valence-electron chi connectivity index (χ2n) is 3.19. The molecule has 15 heavy (non-hydrogen) atoms. The molecule has 0 aliphatic rings. The van der Waals surface area contributed by atoms with Crippen LogP contribution in [0, 0.1) is 0 Å².